The van der Waals surface area contributed by atoms with Crippen molar-refractivity contribution in [1.82, 2.24) is 24.2 Å². The maximum atomic E-state index is 13.7. The Labute approximate surface area is 196 Å². The van der Waals surface area contributed by atoms with E-state index >= 15 is 0 Å². The second-order valence-electron chi connectivity index (χ2n) is 8.47. The van der Waals surface area contributed by atoms with Crippen LogP contribution in [-0.2, 0) is 26.6 Å². The van der Waals surface area contributed by atoms with Gasteiger partial charge in [0.2, 0.25) is 0 Å². The molecule has 9 heteroatoms. The first kappa shape index (κ1) is 21.7. The number of rotatable bonds is 6. The Morgan fingerprint density at radius 3 is 2.71 bits per heavy atom. The van der Waals surface area contributed by atoms with E-state index in [4.69, 9.17) is 14.6 Å². The molecule has 0 saturated carbocycles. The summed E-state index contributed by atoms with van der Waals surface area (Å²) < 4.78 is 13.9. The number of nitrogens with one attached hydrogen (secondary N) is 1. The van der Waals surface area contributed by atoms with Gasteiger partial charge >= 0.3 is 0 Å². The van der Waals surface area contributed by atoms with Crippen molar-refractivity contribution in [2.24, 2.45) is 7.05 Å². The van der Waals surface area contributed by atoms with Crippen LogP contribution >= 0.6 is 0 Å². The van der Waals surface area contributed by atoms with Crippen LogP contribution in [-0.4, -0.2) is 43.8 Å². The van der Waals surface area contributed by atoms with Crippen LogP contribution in [0.1, 0.15) is 32.9 Å². The number of carbonyl (C=O) groups excluding carboxylic acids is 1. The highest BCUT2D eigenvalue weighted by Crippen LogP contribution is 2.34. The van der Waals surface area contributed by atoms with Crippen molar-refractivity contribution in [2.45, 2.75) is 26.4 Å². The van der Waals surface area contributed by atoms with E-state index in [0.717, 1.165) is 45.8 Å². The highest BCUT2D eigenvalue weighted by Gasteiger charge is 2.28. The molecule has 1 aromatic carbocycles. The van der Waals surface area contributed by atoms with E-state index in [1.807, 2.05) is 37.2 Å². The summed E-state index contributed by atoms with van der Waals surface area (Å²) in [7, 11) is 3.51. The van der Waals surface area contributed by atoms with Gasteiger partial charge in [-0.3, -0.25) is 24.4 Å². The molecule has 1 N–H and O–H groups in total. The number of hydrogen-bond donors (Lipinski definition) is 1. The summed E-state index contributed by atoms with van der Waals surface area (Å²) in [5.41, 5.74) is 6.42. The number of hydrogen-bond acceptors (Lipinski definition) is 6. The van der Waals surface area contributed by atoms with Crippen LogP contribution in [0.5, 0.6) is 5.75 Å². The van der Waals surface area contributed by atoms with Crippen LogP contribution in [0.4, 0.5) is 0 Å². The lowest BCUT2D eigenvalue weighted by molar-refractivity contribution is 0.0725. The molecule has 4 heterocycles. The van der Waals surface area contributed by atoms with Crippen molar-refractivity contribution in [3.63, 3.8) is 0 Å². The fourth-order valence-corrected chi connectivity index (χ4v) is 4.55. The minimum Gasteiger partial charge on any atom is -0.497 e. The summed E-state index contributed by atoms with van der Waals surface area (Å²) in [5, 5.41) is 12.5. The Morgan fingerprint density at radius 1 is 1.18 bits per heavy atom. The van der Waals surface area contributed by atoms with E-state index in [2.05, 4.69) is 16.1 Å². The molecule has 0 spiro atoms. The SMILES string of the molecule is COc1ccnc(CN2CCc3c(cc(Cn4ccoc4=N)cc3-c3cn(C)nc3C)C2=O)c1. The quantitative estimate of drug-likeness (QED) is 0.479. The number of oxazole rings is 1. The molecule has 5 rings (SSSR count). The lowest BCUT2D eigenvalue weighted by Gasteiger charge is -2.30. The Hall–Kier alpha value is -4.14. The van der Waals surface area contributed by atoms with Crippen LogP contribution in [0.15, 0.2) is 53.5 Å². The average Bonchev–Trinajstić information content (AvgIpc) is 3.39. The number of fused-ring (bicyclic) bond motifs is 1. The van der Waals surface area contributed by atoms with Gasteiger partial charge in [0, 0.05) is 49.4 Å². The highest BCUT2D eigenvalue weighted by molar-refractivity contribution is 5.99. The summed E-state index contributed by atoms with van der Waals surface area (Å²) in [4.78, 5) is 19.9. The molecule has 1 amide bonds. The van der Waals surface area contributed by atoms with Crippen LogP contribution in [0, 0.1) is 12.3 Å². The number of aryl methyl sites for hydroxylation is 2. The Balaban J connectivity index is 1.56. The molecule has 3 aromatic heterocycles. The predicted octanol–water partition coefficient (Wildman–Crippen LogP) is 2.92. The van der Waals surface area contributed by atoms with Crippen LogP contribution in [0.2, 0.25) is 0 Å². The van der Waals surface area contributed by atoms with E-state index in [0.29, 0.717) is 25.2 Å². The molecule has 4 aromatic rings. The molecule has 0 fully saturated rings. The summed E-state index contributed by atoms with van der Waals surface area (Å²) in [6, 6.07) is 7.70. The maximum Gasteiger partial charge on any atom is 0.293 e. The van der Waals surface area contributed by atoms with Gasteiger partial charge in [-0.15, -0.1) is 0 Å². The lowest BCUT2D eigenvalue weighted by Crippen LogP contribution is -2.37. The molecule has 34 heavy (non-hydrogen) atoms. The molecule has 0 atom stereocenters. The first-order chi connectivity index (χ1) is 16.4. The lowest BCUT2D eigenvalue weighted by atomic mass is 9.88. The number of aromatic nitrogens is 4. The van der Waals surface area contributed by atoms with Gasteiger partial charge in [-0.1, -0.05) is 0 Å². The zero-order valence-electron chi connectivity index (χ0n) is 19.4. The second kappa shape index (κ2) is 8.66. The fraction of sp³-hybridized carbons (Fsp3) is 0.280. The van der Waals surface area contributed by atoms with E-state index in [1.165, 1.54) is 6.26 Å². The van der Waals surface area contributed by atoms with E-state index in [9.17, 15) is 4.79 Å². The van der Waals surface area contributed by atoms with Gasteiger partial charge in [-0.2, -0.15) is 5.10 Å². The zero-order valence-corrected chi connectivity index (χ0v) is 19.4. The Bertz CT molecular complexity index is 1430. The van der Waals surface area contributed by atoms with Gasteiger partial charge in [0.25, 0.3) is 11.6 Å². The molecule has 9 nitrogen and oxygen atoms in total. The predicted molar refractivity (Wildman–Crippen MR) is 124 cm³/mol. The minimum atomic E-state index is -0.0289. The monoisotopic (exact) mass is 458 g/mol. The number of nitrogens with zero attached hydrogens (tertiary/aromatic N) is 5. The van der Waals surface area contributed by atoms with Crippen LogP contribution < -0.4 is 10.4 Å². The normalized spacial score (nSPS) is 13.3. The van der Waals surface area contributed by atoms with Crippen molar-refractivity contribution in [2.75, 3.05) is 13.7 Å². The van der Waals surface area contributed by atoms with Gasteiger partial charge in [0.05, 0.1) is 31.6 Å². The maximum absolute atomic E-state index is 13.7. The number of pyridine rings is 1. The molecule has 1 aliphatic heterocycles. The van der Waals surface area contributed by atoms with Gasteiger partial charge in [-0.05, 0) is 48.2 Å². The molecule has 0 aliphatic carbocycles. The number of benzene rings is 1. The molecule has 0 saturated heterocycles. The van der Waals surface area contributed by atoms with E-state index in [-0.39, 0.29) is 11.6 Å². The number of amides is 1. The largest absolute Gasteiger partial charge is 0.497 e. The third kappa shape index (κ3) is 4.00. The third-order valence-corrected chi connectivity index (χ3v) is 6.17. The Kier molecular flexibility index (Phi) is 5.53. The molecular weight excluding hydrogens is 432 g/mol. The minimum absolute atomic E-state index is 0.0289. The third-order valence-electron chi connectivity index (χ3n) is 6.17. The molecule has 0 bridgehead atoms. The summed E-state index contributed by atoms with van der Waals surface area (Å²) >= 11 is 0. The zero-order chi connectivity index (χ0) is 23.8. The van der Waals surface area contributed by atoms with Crippen molar-refractivity contribution in [3.05, 3.63) is 82.9 Å². The average molecular weight is 459 g/mol. The van der Waals surface area contributed by atoms with E-state index < -0.39 is 0 Å². The summed E-state index contributed by atoms with van der Waals surface area (Å²) in [6.07, 6.45) is 7.63. The first-order valence-electron chi connectivity index (χ1n) is 11.1. The van der Waals surface area contributed by atoms with Crippen LogP contribution in [0.3, 0.4) is 0 Å². The molecule has 1 aliphatic rings. The topological polar surface area (TPSA) is 102 Å². The number of ether oxygens (including phenoxy) is 1. The van der Waals surface area contributed by atoms with Crippen molar-refractivity contribution in [3.8, 4) is 16.9 Å². The van der Waals surface area contributed by atoms with Crippen LogP contribution in [0.25, 0.3) is 11.1 Å². The van der Waals surface area contributed by atoms with Crippen molar-refractivity contribution >= 4 is 5.91 Å². The fourth-order valence-electron chi connectivity index (χ4n) is 4.55. The number of methoxy groups -OCH3 is 1. The van der Waals surface area contributed by atoms with Crippen molar-refractivity contribution < 1.29 is 13.9 Å². The van der Waals surface area contributed by atoms with Crippen molar-refractivity contribution in [1.29, 1.82) is 5.41 Å². The second-order valence-corrected chi connectivity index (χ2v) is 8.47. The van der Waals surface area contributed by atoms with Gasteiger partial charge in [0.1, 0.15) is 12.0 Å². The first-order valence-corrected chi connectivity index (χ1v) is 11.1. The van der Waals surface area contributed by atoms with Gasteiger partial charge in [-0.25, -0.2) is 0 Å². The molecular formula is C25H26N6O3. The highest BCUT2D eigenvalue weighted by atomic mass is 16.5. The van der Waals surface area contributed by atoms with Gasteiger partial charge in [0.15, 0.2) is 0 Å². The summed E-state index contributed by atoms with van der Waals surface area (Å²) in [6.45, 7) is 3.42. The van der Waals surface area contributed by atoms with Gasteiger partial charge < -0.3 is 14.1 Å². The van der Waals surface area contributed by atoms with E-state index in [1.54, 1.807) is 34.8 Å². The standard InChI is InChI=1S/C25H26N6O3/c1-16-23(15-29(2)28-16)21-10-17(13-31-8-9-34-25(31)26)11-22-20(21)5-7-30(24(22)32)14-18-12-19(33-3)4-6-27-18/h4,6,8-12,15,26H,5,7,13-14H2,1-3H3. The molecule has 174 valence electrons. The smallest absolute Gasteiger partial charge is 0.293 e. The molecule has 0 unspecified atom stereocenters. The summed E-state index contributed by atoms with van der Waals surface area (Å²) in [5.74, 6) is 0.689. The number of carbonyl (C=O) groups is 1. The Morgan fingerprint density at radius 2 is 2.00 bits per heavy atom. The molecule has 0 radical (unpaired) electrons.